The minimum atomic E-state index is -0.302. The molecule has 0 saturated heterocycles. The Balaban J connectivity index is 1.38. The van der Waals surface area contributed by atoms with E-state index in [1.165, 1.54) is 12.1 Å². The van der Waals surface area contributed by atoms with E-state index >= 15 is 0 Å². The van der Waals surface area contributed by atoms with Crippen molar-refractivity contribution >= 4 is 17.4 Å². The molecule has 1 heterocycles. The molecule has 184 valence electrons. The maximum atomic E-state index is 13.1. The van der Waals surface area contributed by atoms with Gasteiger partial charge in [-0.2, -0.15) is 0 Å². The molecule has 4 rings (SSSR count). The number of benzene rings is 3. The van der Waals surface area contributed by atoms with Crippen LogP contribution in [0.3, 0.4) is 0 Å². The number of rotatable bonds is 10. The van der Waals surface area contributed by atoms with Crippen molar-refractivity contribution in [3.8, 4) is 22.8 Å². The lowest BCUT2D eigenvalue weighted by atomic mass is 10.1. The topological polar surface area (TPSA) is 85.4 Å². The highest BCUT2D eigenvalue weighted by atomic mass is 19.1. The Labute approximate surface area is 209 Å². The average molecular weight is 487 g/mol. The molecule has 0 radical (unpaired) electrons. The first-order valence-corrected chi connectivity index (χ1v) is 11.7. The van der Waals surface area contributed by atoms with Crippen LogP contribution in [0.1, 0.15) is 29.8 Å². The molecule has 2 N–H and O–H groups in total. The molecule has 36 heavy (non-hydrogen) atoms. The number of hydrogen-bond acceptors (Lipinski definition) is 6. The van der Waals surface area contributed by atoms with E-state index < -0.39 is 0 Å². The highest BCUT2D eigenvalue weighted by Gasteiger charge is 2.10. The standard InChI is InChI=1S/C28H27FN4O3/c1-3-35-25-14-8-19(16-26(25)36-4-2)18-30-28(34)21-6-5-7-23(17-21)31-27-15-13-24(32-33-27)20-9-11-22(29)12-10-20/h5-17H,3-4,18H2,1-2H3,(H,30,34)(H,31,33). The number of anilines is 2. The summed E-state index contributed by atoms with van der Waals surface area (Å²) in [7, 11) is 0. The lowest BCUT2D eigenvalue weighted by molar-refractivity contribution is 0.0951. The van der Waals surface area contributed by atoms with E-state index in [0.29, 0.717) is 54.0 Å². The van der Waals surface area contributed by atoms with Gasteiger partial charge in [0.1, 0.15) is 5.82 Å². The van der Waals surface area contributed by atoms with E-state index in [1.54, 1.807) is 42.5 Å². The quantitative estimate of drug-likeness (QED) is 0.297. The lowest BCUT2D eigenvalue weighted by Crippen LogP contribution is -2.22. The summed E-state index contributed by atoms with van der Waals surface area (Å²) < 4.78 is 24.4. The molecule has 0 spiro atoms. The summed E-state index contributed by atoms with van der Waals surface area (Å²) in [6, 6.07) is 22.4. The Kier molecular flexibility index (Phi) is 8.08. The summed E-state index contributed by atoms with van der Waals surface area (Å²) in [4.78, 5) is 12.8. The molecule has 0 bridgehead atoms. The summed E-state index contributed by atoms with van der Waals surface area (Å²) in [5.74, 6) is 1.36. The van der Waals surface area contributed by atoms with Crippen LogP contribution < -0.4 is 20.1 Å². The summed E-state index contributed by atoms with van der Waals surface area (Å²) in [5, 5.41) is 14.5. The van der Waals surface area contributed by atoms with Crippen molar-refractivity contribution in [2.45, 2.75) is 20.4 Å². The SMILES string of the molecule is CCOc1ccc(CNC(=O)c2cccc(Nc3ccc(-c4ccc(F)cc4)nn3)c2)cc1OCC. The number of halogens is 1. The number of carbonyl (C=O) groups is 1. The molecule has 8 heteroatoms. The molecule has 0 atom stereocenters. The van der Waals surface area contributed by atoms with Crippen molar-refractivity contribution in [3.63, 3.8) is 0 Å². The van der Waals surface area contributed by atoms with Crippen molar-refractivity contribution in [1.82, 2.24) is 15.5 Å². The number of carbonyl (C=O) groups excluding carboxylic acids is 1. The summed E-state index contributed by atoms with van der Waals surface area (Å²) in [5.41, 5.74) is 3.52. The lowest BCUT2D eigenvalue weighted by Gasteiger charge is -2.13. The second-order valence-corrected chi connectivity index (χ2v) is 7.85. The number of amides is 1. The Morgan fingerprint density at radius 3 is 2.36 bits per heavy atom. The monoisotopic (exact) mass is 486 g/mol. The summed E-state index contributed by atoms with van der Waals surface area (Å²) in [6.45, 7) is 5.25. The third-order valence-corrected chi connectivity index (χ3v) is 5.26. The first kappa shape index (κ1) is 24.7. The highest BCUT2D eigenvalue weighted by Crippen LogP contribution is 2.28. The van der Waals surface area contributed by atoms with E-state index in [2.05, 4.69) is 20.8 Å². The van der Waals surface area contributed by atoms with Crippen LogP contribution in [0.15, 0.2) is 78.9 Å². The molecule has 0 fully saturated rings. The van der Waals surface area contributed by atoms with Gasteiger partial charge in [-0.15, -0.1) is 10.2 Å². The fourth-order valence-electron chi connectivity index (χ4n) is 3.55. The fourth-order valence-corrected chi connectivity index (χ4v) is 3.55. The molecule has 0 aliphatic rings. The molecule has 0 aliphatic heterocycles. The normalized spacial score (nSPS) is 10.5. The zero-order valence-electron chi connectivity index (χ0n) is 20.1. The molecule has 1 aromatic heterocycles. The first-order valence-electron chi connectivity index (χ1n) is 11.7. The van der Waals surface area contributed by atoms with Crippen LogP contribution in [0.5, 0.6) is 11.5 Å². The number of nitrogens with zero attached hydrogens (tertiary/aromatic N) is 2. The number of hydrogen-bond donors (Lipinski definition) is 2. The Hall–Kier alpha value is -4.46. The van der Waals surface area contributed by atoms with E-state index in [9.17, 15) is 9.18 Å². The van der Waals surface area contributed by atoms with Gasteiger partial charge in [-0.05, 0) is 86.1 Å². The number of nitrogens with one attached hydrogen (secondary N) is 2. The molecule has 0 aliphatic carbocycles. The van der Waals surface area contributed by atoms with Gasteiger partial charge in [-0.25, -0.2) is 4.39 Å². The van der Waals surface area contributed by atoms with Crippen molar-refractivity contribution in [2.75, 3.05) is 18.5 Å². The van der Waals surface area contributed by atoms with E-state index in [0.717, 1.165) is 11.1 Å². The van der Waals surface area contributed by atoms with Crippen LogP contribution in [-0.2, 0) is 6.54 Å². The van der Waals surface area contributed by atoms with Gasteiger partial charge < -0.3 is 20.1 Å². The maximum absolute atomic E-state index is 13.1. The molecular formula is C28H27FN4O3. The third kappa shape index (κ3) is 6.35. The molecule has 7 nitrogen and oxygen atoms in total. The van der Waals surface area contributed by atoms with Crippen LogP contribution in [0, 0.1) is 5.82 Å². The molecule has 4 aromatic rings. The average Bonchev–Trinajstić information content (AvgIpc) is 2.90. The number of ether oxygens (including phenoxy) is 2. The second kappa shape index (κ2) is 11.8. The highest BCUT2D eigenvalue weighted by molar-refractivity contribution is 5.95. The first-order chi connectivity index (χ1) is 17.6. The summed E-state index contributed by atoms with van der Waals surface area (Å²) >= 11 is 0. The Morgan fingerprint density at radius 2 is 1.64 bits per heavy atom. The zero-order valence-corrected chi connectivity index (χ0v) is 20.1. The van der Waals surface area contributed by atoms with Crippen molar-refractivity contribution in [3.05, 3.63) is 95.8 Å². The van der Waals surface area contributed by atoms with Gasteiger partial charge >= 0.3 is 0 Å². The predicted molar refractivity (Wildman–Crippen MR) is 137 cm³/mol. The van der Waals surface area contributed by atoms with Crippen LogP contribution in [0.25, 0.3) is 11.3 Å². The molecule has 0 unspecified atom stereocenters. The van der Waals surface area contributed by atoms with Crippen LogP contribution in [0.4, 0.5) is 15.9 Å². The second-order valence-electron chi connectivity index (χ2n) is 7.85. The molecule has 0 saturated carbocycles. The molecule has 1 amide bonds. The predicted octanol–water partition coefficient (Wildman–Crippen LogP) is 5.75. The van der Waals surface area contributed by atoms with Gasteiger partial charge in [0.2, 0.25) is 0 Å². The van der Waals surface area contributed by atoms with Crippen molar-refractivity contribution in [1.29, 1.82) is 0 Å². The van der Waals surface area contributed by atoms with E-state index in [1.807, 2.05) is 38.1 Å². The van der Waals surface area contributed by atoms with Gasteiger partial charge in [-0.3, -0.25) is 4.79 Å². The number of aromatic nitrogens is 2. The van der Waals surface area contributed by atoms with Crippen molar-refractivity contribution in [2.24, 2.45) is 0 Å². The van der Waals surface area contributed by atoms with E-state index in [-0.39, 0.29) is 11.7 Å². The Bertz CT molecular complexity index is 1310. The minimum Gasteiger partial charge on any atom is -0.490 e. The maximum Gasteiger partial charge on any atom is 0.251 e. The van der Waals surface area contributed by atoms with Gasteiger partial charge in [0.05, 0.1) is 18.9 Å². The smallest absolute Gasteiger partial charge is 0.251 e. The summed E-state index contributed by atoms with van der Waals surface area (Å²) in [6.07, 6.45) is 0. The van der Waals surface area contributed by atoms with Crippen LogP contribution in [-0.4, -0.2) is 29.3 Å². The Morgan fingerprint density at radius 1 is 0.861 bits per heavy atom. The minimum absolute atomic E-state index is 0.205. The van der Waals surface area contributed by atoms with Crippen molar-refractivity contribution < 1.29 is 18.7 Å². The fraction of sp³-hybridized carbons (Fsp3) is 0.179. The third-order valence-electron chi connectivity index (χ3n) is 5.26. The van der Waals surface area contributed by atoms with Crippen LogP contribution in [0.2, 0.25) is 0 Å². The van der Waals surface area contributed by atoms with Gasteiger partial charge in [0.15, 0.2) is 17.3 Å². The molecule has 3 aromatic carbocycles. The van der Waals surface area contributed by atoms with Gasteiger partial charge in [0, 0.05) is 23.4 Å². The van der Waals surface area contributed by atoms with Gasteiger partial charge in [-0.1, -0.05) is 12.1 Å². The zero-order chi connectivity index (χ0) is 25.3. The largest absolute Gasteiger partial charge is 0.490 e. The molecular weight excluding hydrogens is 459 g/mol. The van der Waals surface area contributed by atoms with Crippen LogP contribution >= 0.6 is 0 Å². The van der Waals surface area contributed by atoms with Gasteiger partial charge in [0.25, 0.3) is 5.91 Å². The van der Waals surface area contributed by atoms with E-state index in [4.69, 9.17) is 9.47 Å².